The topological polar surface area (TPSA) is 54.6 Å². The predicted molar refractivity (Wildman–Crippen MR) is 70.0 cm³/mol. The molecule has 172 valence electrons. The van der Waals surface area contributed by atoms with Crippen molar-refractivity contribution in [2.75, 3.05) is 0 Å². The first-order chi connectivity index (χ1) is 13.1. The molecule has 1 heterocycles. The summed E-state index contributed by atoms with van der Waals surface area (Å²) in [5.74, 6) is -42.3. The number of hydrazone groups is 1. The van der Waals surface area contributed by atoms with Gasteiger partial charge < -0.3 is 4.42 Å². The van der Waals surface area contributed by atoms with E-state index in [1.165, 1.54) is 13.0 Å². The van der Waals surface area contributed by atoms with Gasteiger partial charge in [0.15, 0.2) is 0 Å². The molecule has 30 heavy (non-hydrogen) atoms. The fourth-order valence-electron chi connectivity index (χ4n) is 1.66. The number of hydrogen-bond acceptors (Lipinski definition) is 3. The summed E-state index contributed by atoms with van der Waals surface area (Å²) in [5.41, 5.74) is 0.532. The van der Waals surface area contributed by atoms with Gasteiger partial charge in [0.1, 0.15) is 11.5 Å². The zero-order valence-corrected chi connectivity index (χ0v) is 13.9. The number of hydrogen-bond donors (Lipinski definition) is 1. The molecule has 0 bridgehead atoms. The molecule has 0 aliphatic carbocycles. The second-order valence-electron chi connectivity index (χ2n) is 5.52. The van der Waals surface area contributed by atoms with Crippen LogP contribution in [0.4, 0.5) is 57.1 Å². The molecule has 4 nitrogen and oxygen atoms in total. The van der Waals surface area contributed by atoms with Crippen molar-refractivity contribution >= 4 is 12.1 Å². The Balaban J connectivity index is 3.24. The monoisotopic (exact) mass is 470 g/mol. The van der Waals surface area contributed by atoms with Gasteiger partial charge in [-0.1, -0.05) is 0 Å². The molecule has 0 aromatic carbocycles. The molecule has 0 saturated heterocycles. The molecule has 1 rings (SSSR count). The number of halogens is 13. The lowest BCUT2D eigenvalue weighted by Gasteiger charge is -2.38. The Bertz CT molecular complexity index is 810. The molecule has 0 spiro atoms. The van der Waals surface area contributed by atoms with Crippen LogP contribution in [-0.2, 0) is 4.79 Å². The highest BCUT2D eigenvalue weighted by atomic mass is 19.4. The lowest BCUT2D eigenvalue weighted by Crippen LogP contribution is -2.71. The maximum absolute atomic E-state index is 13.4. The van der Waals surface area contributed by atoms with E-state index in [9.17, 15) is 61.9 Å². The van der Waals surface area contributed by atoms with Crippen LogP contribution in [0.2, 0.25) is 0 Å². The molecule has 0 radical (unpaired) electrons. The van der Waals surface area contributed by atoms with Gasteiger partial charge in [-0.15, -0.1) is 0 Å². The fourth-order valence-corrected chi connectivity index (χ4v) is 1.66. The van der Waals surface area contributed by atoms with Crippen molar-refractivity contribution in [3.05, 3.63) is 23.7 Å². The minimum Gasteiger partial charge on any atom is -0.460 e. The highest BCUT2D eigenvalue weighted by Crippen LogP contribution is 2.60. The van der Waals surface area contributed by atoms with Crippen LogP contribution in [0, 0.1) is 6.92 Å². The van der Waals surface area contributed by atoms with Gasteiger partial charge in [0.05, 0.1) is 6.21 Å². The van der Waals surface area contributed by atoms with Gasteiger partial charge in [-0.25, -0.2) is 5.43 Å². The normalized spacial score (nSPS) is 15.0. The van der Waals surface area contributed by atoms with Gasteiger partial charge >= 0.3 is 41.7 Å². The van der Waals surface area contributed by atoms with Gasteiger partial charge in [-0.3, -0.25) is 4.79 Å². The maximum Gasteiger partial charge on any atom is 0.460 e. The molecule has 0 aliphatic heterocycles. The summed E-state index contributed by atoms with van der Waals surface area (Å²) in [7, 11) is 0. The third kappa shape index (κ3) is 3.80. The van der Waals surface area contributed by atoms with Crippen LogP contribution < -0.4 is 5.43 Å². The van der Waals surface area contributed by atoms with Gasteiger partial charge in [0, 0.05) is 0 Å². The summed E-state index contributed by atoms with van der Waals surface area (Å²) in [4.78, 5) is 11.1. The molecule has 1 N–H and O–H groups in total. The lowest BCUT2D eigenvalue weighted by atomic mass is 9.93. The van der Waals surface area contributed by atoms with Crippen molar-refractivity contribution in [3.8, 4) is 0 Å². The van der Waals surface area contributed by atoms with Crippen LogP contribution in [0.25, 0.3) is 0 Å². The summed E-state index contributed by atoms with van der Waals surface area (Å²) in [6.45, 7) is 1.36. The lowest BCUT2D eigenvalue weighted by molar-refractivity contribution is -0.436. The summed E-state index contributed by atoms with van der Waals surface area (Å²) < 4.78 is 172. The van der Waals surface area contributed by atoms with Crippen molar-refractivity contribution in [2.45, 2.75) is 42.7 Å². The number of rotatable bonds is 7. The molecule has 1 aromatic rings. The molecule has 1 amide bonds. The number of nitrogens with zero attached hydrogens (tertiary/aromatic N) is 1. The average molecular weight is 470 g/mol. The Morgan fingerprint density at radius 1 is 0.833 bits per heavy atom. The largest absolute Gasteiger partial charge is 0.460 e. The smallest absolute Gasteiger partial charge is 0.460 e. The standard InChI is InChI=1S/C13H7F13N2O2/c1-5-2-3-6(30-5)4-27-28-7(29)8(14,15)9(16,17)10(18,19)11(20,21)12(22,23)13(24,25)26/h2-4H,1H3,(H,28,29). The minimum absolute atomic E-state index is 0.201. The minimum atomic E-state index is -8.08. The molecule has 17 heteroatoms. The number of carbonyl (C=O) groups excluding carboxylic acids is 1. The van der Waals surface area contributed by atoms with Crippen molar-refractivity contribution in [1.29, 1.82) is 0 Å². The van der Waals surface area contributed by atoms with E-state index < -0.39 is 41.7 Å². The highest BCUT2D eigenvalue weighted by molar-refractivity contribution is 5.86. The quantitative estimate of drug-likeness (QED) is 0.355. The third-order valence-corrected chi connectivity index (χ3v) is 3.34. The van der Waals surface area contributed by atoms with Gasteiger partial charge in [-0.05, 0) is 19.1 Å². The molecule has 0 saturated carbocycles. The highest BCUT2D eigenvalue weighted by Gasteiger charge is 2.91. The molecule has 0 unspecified atom stereocenters. The van der Waals surface area contributed by atoms with E-state index >= 15 is 0 Å². The third-order valence-electron chi connectivity index (χ3n) is 3.34. The second-order valence-corrected chi connectivity index (χ2v) is 5.52. The van der Waals surface area contributed by atoms with Gasteiger partial charge in [0.25, 0.3) is 0 Å². The van der Waals surface area contributed by atoms with E-state index in [4.69, 9.17) is 4.42 Å². The molecular weight excluding hydrogens is 463 g/mol. The second kappa shape index (κ2) is 7.33. The summed E-state index contributed by atoms with van der Waals surface area (Å²) in [5, 5.41) is 2.57. The molecule has 0 aliphatic rings. The van der Waals surface area contributed by atoms with Crippen molar-refractivity contribution in [1.82, 2.24) is 5.43 Å². The molecule has 0 atom stereocenters. The molecule has 1 aromatic heterocycles. The molecular formula is C13H7F13N2O2. The number of aryl methyl sites for hydroxylation is 1. The van der Waals surface area contributed by atoms with E-state index in [1.54, 1.807) is 0 Å². The van der Waals surface area contributed by atoms with Crippen LogP contribution in [0.3, 0.4) is 0 Å². The van der Waals surface area contributed by atoms with Crippen LogP contribution >= 0.6 is 0 Å². The molecule has 0 fully saturated rings. The van der Waals surface area contributed by atoms with Gasteiger partial charge in [0.2, 0.25) is 0 Å². The van der Waals surface area contributed by atoms with E-state index in [-0.39, 0.29) is 11.5 Å². The van der Waals surface area contributed by atoms with Crippen LogP contribution in [0.1, 0.15) is 11.5 Å². The zero-order chi connectivity index (χ0) is 24.0. The van der Waals surface area contributed by atoms with E-state index in [0.717, 1.165) is 6.07 Å². The first-order valence-electron chi connectivity index (χ1n) is 7.00. The Morgan fingerprint density at radius 2 is 1.30 bits per heavy atom. The Kier molecular flexibility index (Phi) is 6.24. The average Bonchev–Trinajstić information content (AvgIpc) is 2.98. The van der Waals surface area contributed by atoms with Crippen LogP contribution in [0.5, 0.6) is 0 Å². The Hall–Kier alpha value is -2.49. The van der Waals surface area contributed by atoms with Crippen molar-refractivity contribution < 1.29 is 66.3 Å². The SMILES string of the molecule is Cc1ccc(C=NNC(=O)C(F)(F)C(F)(F)C(F)(F)C(F)(F)C(F)(F)C(F)(F)F)o1. The number of amides is 1. The summed E-state index contributed by atoms with van der Waals surface area (Å²) in [6, 6.07) is 2.35. The fraction of sp³-hybridized carbons (Fsp3) is 0.538. The first kappa shape index (κ1) is 25.5. The van der Waals surface area contributed by atoms with Gasteiger partial charge in [-0.2, -0.15) is 62.2 Å². The van der Waals surface area contributed by atoms with Crippen molar-refractivity contribution in [3.63, 3.8) is 0 Å². The van der Waals surface area contributed by atoms with Crippen molar-refractivity contribution in [2.24, 2.45) is 5.10 Å². The Labute approximate surface area is 156 Å². The van der Waals surface area contributed by atoms with E-state index in [2.05, 4.69) is 5.10 Å². The maximum atomic E-state index is 13.4. The first-order valence-corrected chi connectivity index (χ1v) is 7.00. The van der Waals surface area contributed by atoms with Crippen LogP contribution in [-0.4, -0.2) is 47.9 Å². The number of nitrogens with one attached hydrogen (secondary N) is 1. The zero-order valence-electron chi connectivity index (χ0n) is 13.9. The predicted octanol–water partition coefficient (Wildman–Crippen LogP) is 4.78. The Morgan fingerprint density at radius 3 is 1.70 bits per heavy atom. The number of furan rings is 1. The van der Waals surface area contributed by atoms with E-state index in [1.807, 2.05) is 0 Å². The number of carbonyl (C=O) groups is 1. The number of alkyl halides is 13. The summed E-state index contributed by atoms with van der Waals surface area (Å²) >= 11 is 0. The van der Waals surface area contributed by atoms with Crippen LogP contribution in [0.15, 0.2) is 21.7 Å². The van der Waals surface area contributed by atoms with E-state index in [0.29, 0.717) is 11.6 Å². The summed E-state index contributed by atoms with van der Waals surface area (Å²) in [6.07, 6.45) is -7.16.